The molecular formula is C13H17FN2O. The van der Waals surface area contributed by atoms with E-state index in [1.165, 1.54) is 25.0 Å². The minimum Gasteiger partial charge on any atom is -0.326 e. The fraction of sp³-hybridized carbons (Fsp3) is 0.462. The number of nitrogens with one attached hydrogen (secondary N) is 2. The number of rotatable bonds is 3. The van der Waals surface area contributed by atoms with Crippen LogP contribution in [0.4, 0.5) is 10.1 Å². The van der Waals surface area contributed by atoms with Crippen LogP contribution in [0.2, 0.25) is 0 Å². The van der Waals surface area contributed by atoms with Gasteiger partial charge < -0.3 is 10.6 Å². The molecule has 17 heavy (non-hydrogen) atoms. The predicted octanol–water partition coefficient (Wildman–Crippen LogP) is 2.30. The second-order valence-corrected chi connectivity index (χ2v) is 4.41. The summed E-state index contributed by atoms with van der Waals surface area (Å²) in [6.07, 6.45) is 3.91. The van der Waals surface area contributed by atoms with Gasteiger partial charge in [0.25, 0.3) is 0 Å². The third-order valence-corrected chi connectivity index (χ3v) is 2.97. The number of anilines is 1. The second-order valence-electron chi connectivity index (χ2n) is 4.41. The zero-order valence-electron chi connectivity index (χ0n) is 9.71. The Morgan fingerprint density at radius 1 is 1.35 bits per heavy atom. The Kier molecular flexibility index (Phi) is 4.09. The first-order chi connectivity index (χ1) is 8.24. The molecule has 0 aliphatic carbocycles. The highest BCUT2D eigenvalue weighted by atomic mass is 19.1. The highest BCUT2D eigenvalue weighted by molar-refractivity contribution is 5.91. The SMILES string of the molecule is O=C(CC1CCCCN1)Nc1ccc(F)cc1. The maximum atomic E-state index is 12.7. The van der Waals surface area contributed by atoms with Crippen LogP contribution in [0.1, 0.15) is 25.7 Å². The van der Waals surface area contributed by atoms with E-state index >= 15 is 0 Å². The molecule has 1 heterocycles. The molecule has 92 valence electrons. The fourth-order valence-electron chi connectivity index (χ4n) is 2.07. The lowest BCUT2D eigenvalue weighted by molar-refractivity contribution is -0.116. The molecule has 1 aromatic carbocycles. The molecule has 1 saturated heterocycles. The van der Waals surface area contributed by atoms with Gasteiger partial charge in [0.15, 0.2) is 0 Å². The molecule has 1 fully saturated rings. The van der Waals surface area contributed by atoms with Crippen molar-refractivity contribution in [3.8, 4) is 0 Å². The van der Waals surface area contributed by atoms with Crippen LogP contribution < -0.4 is 10.6 Å². The van der Waals surface area contributed by atoms with E-state index in [0.717, 1.165) is 13.0 Å². The van der Waals surface area contributed by atoms with Gasteiger partial charge in [0.2, 0.25) is 5.91 Å². The quantitative estimate of drug-likeness (QED) is 0.845. The van der Waals surface area contributed by atoms with Crippen molar-refractivity contribution in [2.24, 2.45) is 0 Å². The van der Waals surface area contributed by atoms with Gasteiger partial charge in [-0.2, -0.15) is 0 Å². The third-order valence-electron chi connectivity index (χ3n) is 2.97. The molecule has 1 aliphatic rings. The summed E-state index contributed by atoms with van der Waals surface area (Å²) < 4.78 is 12.7. The number of carbonyl (C=O) groups excluding carboxylic acids is 1. The fourth-order valence-corrected chi connectivity index (χ4v) is 2.07. The molecule has 0 radical (unpaired) electrons. The Hall–Kier alpha value is -1.42. The van der Waals surface area contributed by atoms with Gasteiger partial charge in [-0.15, -0.1) is 0 Å². The van der Waals surface area contributed by atoms with E-state index in [0.29, 0.717) is 12.1 Å². The molecule has 2 rings (SSSR count). The van der Waals surface area contributed by atoms with Crippen LogP contribution in [0.3, 0.4) is 0 Å². The number of halogens is 1. The highest BCUT2D eigenvalue weighted by Crippen LogP contribution is 2.12. The average Bonchev–Trinajstić information content (AvgIpc) is 2.33. The van der Waals surface area contributed by atoms with E-state index in [1.807, 2.05) is 0 Å². The molecule has 1 atom stereocenters. The highest BCUT2D eigenvalue weighted by Gasteiger charge is 2.16. The van der Waals surface area contributed by atoms with Gasteiger partial charge in [-0.25, -0.2) is 4.39 Å². The zero-order chi connectivity index (χ0) is 12.1. The first kappa shape index (κ1) is 12.0. The van der Waals surface area contributed by atoms with Gasteiger partial charge in [-0.1, -0.05) is 6.42 Å². The van der Waals surface area contributed by atoms with Crippen molar-refractivity contribution in [1.82, 2.24) is 5.32 Å². The number of hydrogen-bond acceptors (Lipinski definition) is 2. The Bertz CT molecular complexity index is 372. The van der Waals surface area contributed by atoms with Gasteiger partial charge in [0, 0.05) is 18.2 Å². The lowest BCUT2D eigenvalue weighted by Gasteiger charge is -2.22. The van der Waals surface area contributed by atoms with Crippen molar-refractivity contribution < 1.29 is 9.18 Å². The monoisotopic (exact) mass is 236 g/mol. The standard InChI is InChI=1S/C13H17FN2O/c14-10-4-6-11(7-5-10)16-13(17)9-12-3-1-2-8-15-12/h4-7,12,15H,1-3,8-9H2,(H,16,17). The van der Waals surface area contributed by atoms with Crippen molar-refractivity contribution in [3.05, 3.63) is 30.1 Å². The molecule has 0 spiro atoms. The first-order valence-electron chi connectivity index (χ1n) is 6.03. The smallest absolute Gasteiger partial charge is 0.225 e. The predicted molar refractivity (Wildman–Crippen MR) is 65.3 cm³/mol. The van der Waals surface area contributed by atoms with E-state index in [4.69, 9.17) is 0 Å². The van der Waals surface area contributed by atoms with Crippen molar-refractivity contribution in [3.63, 3.8) is 0 Å². The number of amides is 1. The van der Waals surface area contributed by atoms with E-state index in [9.17, 15) is 9.18 Å². The van der Waals surface area contributed by atoms with E-state index in [2.05, 4.69) is 10.6 Å². The largest absolute Gasteiger partial charge is 0.326 e. The molecule has 1 aromatic rings. The van der Waals surface area contributed by atoms with E-state index in [1.54, 1.807) is 12.1 Å². The minimum atomic E-state index is -0.294. The van der Waals surface area contributed by atoms with Gasteiger partial charge in [-0.05, 0) is 43.7 Å². The van der Waals surface area contributed by atoms with Gasteiger partial charge in [0.05, 0.1) is 0 Å². The molecule has 3 nitrogen and oxygen atoms in total. The van der Waals surface area contributed by atoms with E-state index < -0.39 is 0 Å². The van der Waals surface area contributed by atoms with Crippen molar-refractivity contribution in [1.29, 1.82) is 0 Å². The van der Waals surface area contributed by atoms with Crippen LogP contribution in [-0.4, -0.2) is 18.5 Å². The second kappa shape index (κ2) is 5.77. The topological polar surface area (TPSA) is 41.1 Å². The molecule has 0 aromatic heterocycles. The number of hydrogen-bond donors (Lipinski definition) is 2. The van der Waals surface area contributed by atoms with Crippen LogP contribution in [0.15, 0.2) is 24.3 Å². The van der Waals surface area contributed by atoms with Crippen LogP contribution in [0.25, 0.3) is 0 Å². The Morgan fingerprint density at radius 3 is 2.76 bits per heavy atom. The minimum absolute atomic E-state index is 0.0176. The van der Waals surface area contributed by atoms with E-state index in [-0.39, 0.29) is 17.8 Å². The summed E-state index contributed by atoms with van der Waals surface area (Å²) >= 11 is 0. The molecule has 0 bridgehead atoms. The first-order valence-corrected chi connectivity index (χ1v) is 6.03. The van der Waals surface area contributed by atoms with Gasteiger partial charge in [-0.3, -0.25) is 4.79 Å². The Morgan fingerprint density at radius 2 is 2.12 bits per heavy atom. The Labute approximate surface area is 100 Å². The molecule has 1 unspecified atom stereocenters. The summed E-state index contributed by atoms with van der Waals surface area (Å²) in [6, 6.07) is 6.11. The lowest BCUT2D eigenvalue weighted by atomic mass is 10.0. The van der Waals surface area contributed by atoms with Gasteiger partial charge in [0.1, 0.15) is 5.82 Å². The van der Waals surface area contributed by atoms with Crippen LogP contribution in [-0.2, 0) is 4.79 Å². The summed E-state index contributed by atoms with van der Waals surface area (Å²) in [6.45, 7) is 0.995. The maximum Gasteiger partial charge on any atom is 0.225 e. The maximum absolute atomic E-state index is 12.7. The van der Waals surface area contributed by atoms with Crippen molar-refractivity contribution >= 4 is 11.6 Å². The lowest BCUT2D eigenvalue weighted by Crippen LogP contribution is -2.36. The number of carbonyl (C=O) groups is 1. The molecular weight excluding hydrogens is 219 g/mol. The normalized spacial score (nSPS) is 19.9. The molecule has 1 amide bonds. The van der Waals surface area contributed by atoms with Crippen molar-refractivity contribution in [2.75, 3.05) is 11.9 Å². The van der Waals surface area contributed by atoms with Crippen LogP contribution >= 0.6 is 0 Å². The third kappa shape index (κ3) is 3.82. The summed E-state index contributed by atoms with van der Waals surface area (Å²) in [7, 11) is 0. The zero-order valence-corrected chi connectivity index (χ0v) is 9.71. The Balaban J connectivity index is 1.82. The number of piperidine rings is 1. The molecule has 4 heteroatoms. The average molecular weight is 236 g/mol. The molecule has 0 saturated carbocycles. The van der Waals surface area contributed by atoms with Crippen LogP contribution in [0.5, 0.6) is 0 Å². The summed E-state index contributed by atoms with van der Waals surface area (Å²) in [5.41, 5.74) is 0.646. The van der Waals surface area contributed by atoms with Crippen LogP contribution in [0, 0.1) is 5.82 Å². The number of benzene rings is 1. The summed E-state index contributed by atoms with van der Waals surface area (Å²) in [5.74, 6) is -0.312. The summed E-state index contributed by atoms with van der Waals surface area (Å²) in [5, 5.41) is 6.09. The summed E-state index contributed by atoms with van der Waals surface area (Å²) in [4.78, 5) is 11.7. The molecule has 2 N–H and O–H groups in total. The van der Waals surface area contributed by atoms with Crippen molar-refractivity contribution in [2.45, 2.75) is 31.7 Å². The van der Waals surface area contributed by atoms with Gasteiger partial charge >= 0.3 is 0 Å². The molecule has 1 aliphatic heterocycles.